The molecule has 15 heavy (non-hydrogen) atoms. The van der Waals surface area contributed by atoms with E-state index in [1.165, 1.54) is 9.75 Å². The van der Waals surface area contributed by atoms with E-state index in [1.54, 1.807) is 0 Å². The summed E-state index contributed by atoms with van der Waals surface area (Å²) in [4.78, 5) is 2.82. The fourth-order valence-electron chi connectivity index (χ4n) is 1.60. The summed E-state index contributed by atoms with van der Waals surface area (Å²) in [6.45, 7) is 6.73. The van der Waals surface area contributed by atoms with Gasteiger partial charge in [0.1, 0.15) is 0 Å². The second-order valence-electron chi connectivity index (χ2n) is 3.96. The van der Waals surface area contributed by atoms with Crippen LogP contribution in [0, 0.1) is 0 Å². The molecular weight excluding hydrogens is 206 g/mol. The molecule has 0 amide bonds. The maximum Gasteiger partial charge on any atom is 0.0445 e. The molecule has 1 heterocycles. The number of hydrogen-bond acceptors (Lipinski definition) is 3. The Morgan fingerprint density at radius 1 is 1.40 bits per heavy atom. The van der Waals surface area contributed by atoms with E-state index in [4.69, 9.17) is 5.11 Å². The number of hydrogen-bond donors (Lipinski definition) is 2. The van der Waals surface area contributed by atoms with Crippen molar-refractivity contribution in [3.05, 3.63) is 21.9 Å². The molecule has 0 fully saturated rings. The Morgan fingerprint density at radius 3 is 2.67 bits per heavy atom. The molecule has 2 atom stereocenters. The van der Waals surface area contributed by atoms with Gasteiger partial charge in [0.2, 0.25) is 0 Å². The molecule has 2 N–H and O–H groups in total. The van der Waals surface area contributed by atoms with Gasteiger partial charge < -0.3 is 10.4 Å². The van der Waals surface area contributed by atoms with Crippen LogP contribution in [-0.4, -0.2) is 17.8 Å². The number of aryl methyl sites for hydroxylation is 1. The lowest BCUT2D eigenvalue weighted by Gasteiger charge is -2.18. The van der Waals surface area contributed by atoms with E-state index >= 15 is 0 Å². The highest BCUT2D eigenvalue weighted by Gasteiger charge is 2.10. The molecule has 0 spiro atoms. The lowest BCUT2D eigenvalue weighted by molar-refractivity contribution is 0.265. The largest absolute Gasteiger partial charge is 0.396 e. The van der Waals surface area contributed by atoms with Gasteiger partial charge in [-0.25, -0.2) is 0 Å². The second kappa shape index (κ2) is 6.26. The van der Waals surface area contributed by atoms with E-state index in [2.05, 4.69) is 38.2 Å². The lowest BCUT2D eigenvalue weighted by Crippen LogP contribution is -2.29. The summed E-state index contributed by atoms with van der Waals surface area (Å²) >= 11 is 1.88. The Labute approximate surface area is 96.3 Å². The quantitative estimate of drug-likeness (QED) is 0.783. The summed E-state index contributed by atoms with van der Waals surface area (Å²) in [5.41, 5.74) is 0. The third-order valence-corrected chi connectivity index (χ3v) is 3.97. The number of aliphatic hydroxyl groups excluding tert-OH is 1. The smallest absolute Gasteiger partial charge is 0.0445 e. The minimum absolute atomic E-state index is 0.255. The van der Waals surface area contributed by atoms with Crippen molar-refractivity contribution in [3.63, 3.8) is 0 Å². The van der Waals surface area contributed by atoms with Crippen molar-refractivity contribution < 1.29 is 5.11 Å². The van der Waals surface area contributed by atoms with Crippen LogP contribution < -0.4 is 5.32 Å². The molecule has 86 valence electrons. The minimum Gasteiger partial charge on any atom is -0.396 e. The molecule has 3 heteroatoms. The molecule has 2 nitrogen and oxygen atoms in total. The first-order valence-corrected chi connectivity index (χ1v) is 6.44. The molecule has 0 aliphatic heterocycles. The normalized spacial score (nSPS) is 15.2. The Hall–Kier alpha value is -0.380. The molecule has 0 aromatic carbocycles. The number of rotatable bonds is 6. The molecule has 0 aliphatic rings. The van der Waals surface area contributed by atoms with Crippen LogP contribution in [0.5, 0.6) is 0 Å². The van der Waals surface area contributed by atoms with Crippen molar-refractivity contribution in [3.8, 4) is 0 Å². The van der Waals surface area contributed by atoms with Crippen LogP contribution in [0.15, 0.2) is 12.1 Å². The summed E-state index contributed by atoms with van der Waals surface area (Å²) in [5.74, 6) is 0. The second-order valence-corrected chi connectivity index (χ2v) is 5.16. The van der Waals surface area contributed by atoms with Crippen LogP contribution in [0.1, 0.15) is 43.0 Å². The standard InChI is InChI=1S/C12H21NOS/c1-4-11-5-6-12(15-11)10(3)13-9(2)7-8-14/h5-6,9-10,13-14H,4,7-8H2,1-3H3/t9-,10?/m1/s1. The van der Waals surface area contributed by atoms with Crippen LogP contribution >= 0.6 is 11.3 Å². The predicted molar refractivity (Wildman–Crippen MR) is 66.4 cm³/mol. The maximum atomic E-state index is 8.82. The van der Waals surface area contributed by atoms with Crippen molar-refractivity contribution >= 4 is 11.3 Å². The maximum absolute atomic E-state index is 8.82. The van der Waals surface area contributed by atoms with Gasteiger partial charge in [-0.3, -0.25) is 0 Å². The van der Waals surface area contributed by atoms with Crippen LogP contribution in [0.3, 0.4) is 0 Å². The number of nitrogens with one attached hydrogen (secondary N) is 1. The third-order valence-electron chi connectivity index (χ3n) is 2.55. The van der Waals surface area contributed by atoms with E-state index in [0.717, 1.165) is 12.8 Å². The molecule has 0 aliphatic carbocycles. The van der Waals surface area contributed by atoms with Gasteiger partial charge in [0, 0.05) is 28.4 Å². The van der Waals surface area contributed by atoms with E-state index < -0.39 is 0 Å². The first kappa shape index (κ1) is 12.7. The minimum atomic E-state index is 0.255. The summed E-state index contributed by atoms with van der Waals surface area (Å²) in [6, 6.07) is 5.16. The highest BCUT2D eigenvalue weighted by atomic mass is 32.1. The third kappa shape index (κ3) is 3.93. The topological polar surface area (TPSA) is 32.3 Å². The molecule has 0 saturated carbocycles. The van der Waals surface area contributed by atoms with Crippen molar-refractivity contribution in [1.82, 2.24) is 5.32 Å². The summed E-state index contributed by atoms with van der Waals surface area (Å²) in [6.07, 6.45) is 1.93. The average molecular weight is 227 g/mol. The number of thiophene rings is 1. The average Bonchev–Trinajstić information content (AvgIpc) is 2.66. The van der Waals surface area contributed by atoms with Gasteiger partial charge in [0.05, 0.1) is 0 Å². The molecule has 0 bridgehead atoms. The van der Waals surface area contributed by atoms with E-state index in [-0.39, 0.29) is 6.61 Å². The molecular formula is C12H21NOS. The predicted octanol–water partition coefficient (Wildman–Crippen LogP) is 2.73. The van der Waals surface area contributed by atoms with Gasteiger partial charge in [-0.05, 0) is 38.8 Å². The van der Waals surface area contributed by atoms with Crippen LogP contribution in [0.25, 0.3) is 0 Å². The lowest BCUT2D eigenvalue weighted by atomic mass is 10.2. The Bertz CT molecular complexity index is 285. The zero-order valence-electron chi connectivity index (χ0n) is 9.79. The summed E-state index contributed by atoms with van der Waals surface area (Å²) < 4.78 is 0. The Morgan fingerprint density at radius 2 is 2.13 bits per heavy atom. The van der Waals surface area contributed by atoms with E-state index in [1.807, 2.05) is 11.3 Å². The van der Waals surface area contributed by atoms with Crippen LogP contribution in [-0.2, 0) is 6.42 Å². The fraction of sp³-hybridized carbons (Fsp3) is 0.667. The van der Waals surface area contributed by atoms with Crippen LogP contribution in [0.2, 0.25) is 0 Å². The van der Waals surface area contributed by atoms with Gasteiger partial charge in [-0.2, -0.15) is 0 Å². The molecule has 0 radical (unpaired) electrons. The van der Waals surface area contributed by atoms with Gasteiger partial charge in [0.25, 0.3) is 0 Å². The Balaban J connectivity index is 2.49. The highest BCUT2D eigenvalue weighted by Crippen LogP contribution is 2.23. The van der Waals surface area contributed by atoms with Crippen molar-refractivity contribution in [2.24, 2.45) is 0 Å². The first-order valence-electron chi connectivity index (χ1n) is 5.62. The van der Waals surface area contributed by atoms with Gasteiger partial charge in [0.15, 0.2) is 0 Å². The van der Waals surface area contributed by atoms with Crippen LogP contribution in [0.4, 0.5) is 0 Å². The van der Waals surface area contributed by atoms with Gasteiger partial charge in [-0.1, -0.05) is 6.92 Å². The molecule has 1 aromatic heterocycles. The zero-order valence-corrected chi connectivity index (χ0v) is 10.6. The van der Waals surface area contributed by atoms with Gasteiger partial charge in [-0.15, -0.1) is 11.3 Å². The molecule has 1 unspecified atom stereocenters. The monoisotopic (exact) mass is 227 g/mol. The number of aliphatic hydroxyl groups is 1. The van der Waals surface area contributed by atoms with Crippen molar-refractivity contribution in [2.45, 2.75) is 45.7 Å². The van der Waals surface area contributed by atoms with E-state index in [0.29, 0.717) is 12.1 Å². The summed E-state index contributed by atoms with van der Waals surface area (Å²) in [5, 5.41) is 12.3. The summed E-state index contributed by atoms with van der Waals surface area (Å²) in [7, 11) is 0. The van der Waals surface area contributed by atoms with Gasteiger partial charge >= 0.3 is 0 Å². The molecule has 0 saturated heterocycles. The zero-order chi connectivity index (χ0) is 11.3. The Kier molecular flexibility index (Phi) is 5.29. The SMILES string of the molecule is CCc1ccc(C(C)N[C@H](C)CCO)s1. The van der Waals surface area contributed by atoms with E-state index in [9.17, 15) is 0 Å². The molecule has 1 aromatic rings. The molecule has 1 rings (SSSR count). The fourth-order valence-corrected chi connectivity index (χ4v) is 2.57. The first-order chi connectivity index (χ1) is 7.17. The van der Waals surface area contributed by atoms with Crippen molar-refractivity contribution in [1.29, 1.82) is 0 Å². The van der Waals surface area contributed by atoms with Crippen molar-refractivity contribution in [2.75, 3.05) is 6.61 Å². The highest BCUT2D eigenvalue weighted by molar-refractivity contribution is 7.12.